The van der Waals surface area contributed by atoms with Crippen LogP contribution in [0.2, 0.25) is 5.02 Å². The van der Waals surface area contributed by atoms with Gasteiger partial charge in [-0.25, -0.2) is 9.80 Å². The Morgan fingerprint density at radius 1 is 1.28 bits per heavy atom. The molecule has 3 amide bonds. The lowest BCUT2D eigenvalue weighted by Gasteiger charge is -2.27. The van der Waals surface area contributed by atoms with Crippen molar-refractivity contribution in [1.29, 1.82) is 0 Å². The molecule has 8 heteroatoms. The van der Waals surface area contributed by atoms with Crippen LogP contribution in [0.5, 0.6) is 0 Å². The average Bonchev–Trinajstić information content (AvgIpc) is 3.30. The fourth-order valence-corrected chi connectivity index (χ4v) is 3.89. The quantitative estimate of drug-likeness (QED) is 0.771. The van der Waals surface area contributed by atoms with Crippen molar-refractivity contribution in [3.8, 4) is 0 Å². The number of hydrazone groups is 1. The number of amides is 3. The summed E-state index contributed by atoms with van der Waals surface area (Å²) < 4.78 is 0. The van der Waals surface area contributed by atoms with Gasteiger partial charge >= 0.3 is 6.03 Å². The van der Waals surface area contributed by atoms with Gasteiger partial charge in [-0.15, -0.1) is 11.3 Å². The average molecular weight is 433 g/mol. The fraction of sp³-hybridized carbons (Fsp3) is 0.381. The Balaban J connectivity index is 1.80. The lowest BCUT2D eigenvalue weighted by molar-refractivity contribution is -0.133. The third-order valence-electron chi connectivity index (χ3n) is 4.43. The van der Waals surface area contributed by atoms with E-state index in [0.29, 0.717) is 11.4 Å². The molecular formula is C21H25ClN4O2S. The molecule has 0 bridgehead atoms. The van der Waals surface area contributed by atoms with Crippen LogP contribution < -0.4 is 5.32 Å². The zero-order valence-corrected chi connectivity index (χ0v) is 18.5. The van der Waals surface area contributed by atoms with Crippen LogP contribution in [0, 0.1) is 0 Å². The normalized spacial score (nSPS) is 16.5. The Labute approximate surface area is 180 Å². The number of nitrogens with zero attached hydrogens (tertiary/aromatic N) is 3. The van der Waals surface area contributed by atoms with Gasteiger partial charge in [0, 0.05) is 24.0 Å². The zero-order chi connectivity index (χ0) is 21.2. The van der Waals surface area contributed by atoms with Gasteiger partial charge in [-0.1, -0.05) is 29.8 Å². The lowest BCUT2D eigenvalue weighted by Crippen LogP contribution is -2.49. The number of rotatable bonds is 4. The number of thiophene rings is 1. The van der Waals surface area contributed by atoms with Crippen molar-refractivity contribution in [2.24, 2.45) is 5.10 Å². The van der Waals surface area contributed by atoms with Crippen molar-refractivity contribution in [3.63, 3.8) is 0 Å². The monoisotopic (exact) mass is 432 g/mol. The van der Waals surface area contributed by atoms with Crippen molar-refractivity contribution in [1.82, 2.24) is 15.2 Å². The molecule has 0 radical (unpaired) electrons. The molecule has 1 aromatic heterocycles. The minimum absolute atomic E-state index is 0.0623. The molecule has 0 spiro atoms. The first-order valence-electron chi connectivity index (χ1n) is 9.36. The highest BCUT2D eigenvalue weighted by Crippen LogP contribution is 2.34. The van der Waals surface area contributed by atoms with Crippen molar-refractivity contribution in [3.05, 3.63) is 57.2 Å². The standard InChI is InChI=1S/C21H25ClN4O2S/c1-21(2,3)23-20(28)25(4)13-19(27)26-17(14-7-9-15(22)10-8-14)12-16(24-26)18-6-5-11-29-18/h5-11,17H,12-13H2,1-4H3,(H,23,28)/t17-/m0/s1. The highest BCUT2D eigenvalue weighted by atomic mass is 35.5. The van der Waals surface area contributed by atoms with Crippen LogP contribution >= 0.6 is 22.9 Å². The second-order valence-corrected chi connectivity index (χ2v) is 9.45. The van der Waals surface area contributed by atoms with Crippen LogP contribution in [0.4, 0.5) is 4.79 Å². The molecule has 0 saturated carbocycles. The predicted octanol–water partition coefficient (Wildman–Crippen LogP) is 4.52. The van der Waals surface area contributed by atoms with Crippen LogP contribution in [0.1, 0.15) is 43.7 Å². The summed E-state index contributed by atoms with van der Waals surface area (Å²) in [4.78, 5) is 27.8. The summed E-state index contributed by atoms with van der Waals surface area (Å²) in [6.07, 6.45) is 0.617. The molecule has 0 fully saturated rings. The topological polar surface area (TPSA) is 65.0 Å². The molecule has 0 saturated heterocycles. The number of halogens is 1. The lowest BCUT2D eigenvalue weighted by atomic mass is 10.0. The summed E-state index contributed by atoms with van der Waals surface area (Å²) in [6, 6.07) is 10.9. The molecule has 29 heavy (non-hydrogen) atoms. The van der Waals surface area contributed by atoms with Crippen molar-refractivity contribution in [2.75, 3.05) is 13.6 Å². The number of carbonyl (C=O) groups excluding carboxylic acids is 2. The summed E-state index contributed by atoms with van der Waals surface area (Å²) in [5.41, 5.74) is 1.45. The summed E-state index contributed by atoms with van der Waals surface area (Å²) >= 11 is 7.62. The van der Waals surface area contributed by atoms with E-state index in [1.54, 1.807) is 18.4 Å². The molecule has 1 aliphatic heterocycles. The Kier molecular flexibility index (Phi) is 6.29. The highest BCUT2D eigenvalue weighted by molar-refractivity contribution is 7.12. The van der Waals surface area contributed by atoms with Gasteiger partial charge in [0.05, 0.1) is 16.6 Å². The number of carbonyl (C=O) groups is 2. The number of urea groups is 1. The molecule has 0 aliphatic carbocycles. The largest absolute Gasteiger partial charge is 0.333 e. The SMILES string of the molecule is CN(CC(=O)N1N=C(c2cccs2)C[C@H]1c1ccc(Cl)cc1)C(=O)NC(C)(C)C. The van der Waals surface area contributed by atoms with Gasteiger partial charge in [0.25, 0.3) is 5.91 Å². The molecule has 1 atom stereocenters. The second kappa shape index (κ2) is 8.55. The van der Waals surface area contributed by atoms with E-state index in [-0.39, 0.29) is 30.1 Å². The summed E-state index contributed by atoms with van der Waals surface area (Å²) in [5, 5.41) is 11.6. The highest BCUT2D eigenvalue weighted by Gasteiger charge is 2.34. The molecule has 0 unspecified atom stereocenters. The molecule has 6 nitrogen and oxygen atoms in total. The van der Waals surface area contributed by atoms with E-state index in [0.717, 1.165) is 16.2 Å². The van der Waals surface area contributed by atoms with Gasteiger partial charge in [0.2, 0.25) is 0 Å². The molecule has 1 aromatic carbocycles. The molecular weight excluding hydrogens is 408 g/mol. The number of hydrogen-bond acceptors (Lipinski definition) is 4. The number of nitrogens with one attached hydrogen (secondary N) is 1. The zero-order valence-electron chi connectivity index (χ0n) is 17.0. The van der Waals surface area contributed by atoms with Crippen LogP contribution in [0.3, 0.4) is 0 Å². The Bertz CT molecular complexity index is 904. The van der Waals surface area contributed by atoms with E-state index < -0.39 is 0 Å². The van der Waals surface area contributed by atoms with Crippen LogP contribution in [-0.4, -0.2) is 46.7 Å². The summed E-state index contributed by atoms with van der Waals surface area (Å²) in [7, 11) is 1.61. The van der Waals surface area contributed by atoms with E-state index in [2.05, 4.69) is 10.4 Å². The molecule has 154 valence electrons. The van der Waals surface area contributed by atoms with Gasteiger partial charge in [-0.05, 0) is 49.9 Å². The van der Waals surface area contributed by atoms with E-state index >= 15 is 0 Å². The van der Waals surface area contributed by atoms with Crippen LogP contribution in [-0.2, 0) is 4.79 Å². The van der Waals surface area contributed by atoms with Gasteiger partial charge in [0.15, 0.2) is 0 Å². The van der Waals surface area contributed by atoms with E-state index in [1.807, 2.05) is 62.5 Å². The first-order valence-corrected chi connectivity index (χ1v) is 10.6. The van der Waals surface area contributed by atoms with Crippen LogP contribution in [0.15, 0.2) is 46.9 Å². The number of likely N-dealkylation sites (N-methyl/N-ethyl adjacent to an activating group) is 1. The van der Waals surface area contributed by atoms with Gasteiger partial charge < -0.3 is 10.2 Å². The minimum Gasteiger partial charge on any atom is -0.333 e. The van der Waals surface area contributed by atoms with Crippen molar-refractivity contribution in [2.45, 2.75) is 38.8 Å². The maximum absolute atomic E-state index is 13.1. The number of benzene rings is 1. The second-order valence-electron chi connectivity index (χ2n) is 8.07. The van der Waals surface area contributed by atoms with Crippen LogP contribution in [0.25, 0.3) is 0 Å². The maximum atomic E-state index is 13.1. The fourth-order valence-electron chi connectivity index (χ4n) is 3.04. The van der Waals surface area contributed by atoms with E-state index in [4.69, 9.17) is 11.6 Å². The third-order valence-corrected chi connectivity index (χ3v) is 5.60. The molecule has 1 N–H and O–H groups in total. The Morgan fingerprint density at radius 3 is 2.55 bits per heavy atom. The minimum atomic E-state index is -0.377. The third kappa shape index (κ3) is 5.36. The first kappa shape index (κ1) is 21.3. The van der Waals surface area contributed by atoms with Crippen molar-refractivity contribution >= 4 is 40.6 Å². The molecule has 3 rings (SSSR count). The number of hydrogen-bond donors (Lipinski definition) is 1. The summed E-state index contributed by atoms with van der Waals surface area (Å²) in [6.45, 7) is 5.63. The van der Waals surface area contributed by atoms with Gasteiger partial charge in [-0.3, -0.25) is 4.79 Å². The van der Waals surface area contributed by atoms with Gasteiger partial charge in [-0.2, -0.15) is 5.10 Å². The first-order chi connectivity index (χ1) is 13.6. The smallest absolute Gasteiger partial charge is 0.318 e. The maximum Gasteiger partial charge on any atom is 0.318 e. The van der Waals surface area contributed by atoms with Gasteiger partial charge in [0.1, 0.15) is 6.54 Å². The molecule has 2 heterocycles. The molecule has 1 aliphatic rings. The van der Waals surface area contributed by atoms with E-state index in [9.17, 15) is 9.59 Å². The molecule has 2 aromatic rings. The van der Waals surface area contributed by atoms with Crippen molar-refractivity contribution < 1.29 is 9.59 Å². The van der Waals surface area contributed by atoms with E-state index in [1.165, 1.54) is 9.91 Å². The Morgan fingerprint density at radius 2 is 1.97 bits per heavy atom. The Hall–Kier alpha value is -2.38. The summed E-state index contributed by atoms with van der Waals surface area (Å²) in [5.74, 6) is -0.233. The predicted molar refractivity (Wildman–Crippen MR) is 117 cm³/mol.